The van der Waals surface area contributed by atoms with Crippen molar-refractivity contribution in [2.45, 2.75) is 38.1 Å². The Morgan fingerprint density at radius 2 is 1.96 bits per heavy atom. The first-order valence-electron chi connectivity index (χ1n) is 9.87. The molecule has 1 saturated heterocycles. The summed E-state index contributed by atoms with van der Waals surface area (Å²) in [6.45, 7) is 0.810. The van der Waals surface area contributed by atoms with Crippen LogP contribution in [0.1, 0.15) is 31.4 Å². The zero-order chi connectivity index (χ0) is 19.2. The van der Waals surface area contributed by atoms with Crippen LogP contribution in [0, 0.1) is 0 Å². The average molecular weight is 375 g/mol. The summed E-state index contributed by atoms with van der Waals surface area (Å²) in [6, 6.07) is 15.9. The van der Waals surface area contributed by atoms with Crippen molar-refractivity contribution in [1.82, 2.24) is 19.7 Å². The van der Waals surface area contributed by atoms with E-state index in [1.807, 2.05) is 65.8 Å². The third-order valence-corrected chi connectivity index (χ3v) is 5.24. The summed E-state index contributed by atoms with van der Waals surface area (Å²) in [5.74, 6) is 0. The molecule has 6 nitrogen and oxygen atoms in total. The number of carbonyl (C=O) groups is 1. The van der Waals surface area contributed by atoms with Gasteiger partial charge in [-0.3, -0.25) is 4.98 Å². The van der Waals surface area contributed by atoms with E-state index in [1.54, 1.807) is 10.9 Å². The van der Waals surface area contributed by atoms with Gasteiger partial charge in [0.1, 0.15) is 0 Å². The number of piperidine rings is 1. The Bertz CT molecular complexity index is 877. The lowest BCUT2D eigenvalue weighted by Crippen LogP contribution is -2.46. The molecule has 2 amide bonds. The fourth-order valence-corrected chi connectivity index (χ4v) is 3.74. The number of urea groups is 1. The van der Waals surface area contributed by atoms with Gasteiger partial charge in [-0.25, -0.2) is 9.48 Å². The van der Waals surface area contributed by atoms with Crippen molar-refractivity contribution in [3.8, 4) is 5.69 Å². The molecule has 144 valence electrons. The summed E-state index contributed by atoms with van der Waals surface area (Å²) < 4.78 is 1.80. The van der Waals surface area contributed by atoms with Crippen molar-refractivity contribution in [1.29, 1.82) is 0 Å². The van der Waals surface area contributed by atoms with E-state index in [0.717, 1.165) is 49.3 Å². The van der Waals surface area contributed by atoms with Crippen molar-refractivity contribution in [2.24, 2.45) is 0 Å². The minimum atomic E-state index is -0.0161. The molecular weight excluding hydrogens is 350 g/mol. The van der Waals surface area contributed by atoms with Crippen LogP contribution in [0.25, 0.3) is 5.69 Å². The van der Waals surface area contributed by atoms with E-state index in [9.17, 15) is 4.79 Å². The molecule has 3 aromatic rings. The Morgan fingerprint density at radius 1 is 1.07 bits per heavy atom. The molecule has 0 aliphatic carbocycles. The van der Waals surface area contributed by atoms with Gasteiger partial charge in [0.05, 0.1) is 5.69 Å². The molecule has 0 bridgehead atoms. The van der Waals surface area contributed by atoms with E-state index in [1.165, 1.54) is 6.42 Å². The molecule has 28 heavy (non-hydrogen) atoms. The Hall–Kier alpha value is -3.15. The number of likely N-dealkylation sites (tertiary alicyclic amines) is 1. The monoisotopic (exact) mass is 375 g/mol. The second kappa shape index (κ2) is 8.69. The van der Waals surface area contributed by atoms with Crippen LogP contribution in [0.5, 0.6) is 0 Å². The Labute approximate surface area is 165 Å². The van der Waals surface area contributed by atoms with Crippen molar-refractivity contribution < 1.29 is 4.79 Å². The number of hydrogen-bond donors (Lipinski definition) is 1. The number of aromatic nitrogens is 3. The lowest BCUT2D eigenvalue weighted by molar-refractivity contribution is 0.158. The summed E-state index contributed by atoms with van der Waals surface area (Å²) in [5, 5.41) is 7.28. The van der Waals surface area contributed by atoms with Crippen LogP contribution in [-0.4, -0.2) is 38.3 Å². The van der Waals surface area contributed by atoms with Gasteiger partial charge in [-0.2, -0.15) is 5.10 Å². The van der Waals surface area contributed by atoms with Gasteiger partial charge >= 0.3 is 6.03 Å². The van der Waals surface area contributed by atoms with Crippen LogP contribution in [0.15, 0.2) is 67.1 Å². The molecule has 6 heteroatoms. The van der Waals surface area contributed by atoms with Crippen LogP contribution in [0.4, 0.5) is 10.5 Å². The molecule has 0 unspecified atom stereocenters. The Kier molecular flexibility index (Phi) is 5.66. The fraction of sp³-hybridized carbons (Fsp3) is 0.318. The van der Waals surface area contributed by atoms with Gasteiger partial charge in [0.25, 0.3) is 0 Å². The number of carbonyl (C=O) groups excluding carboxylic acids is 1. The second-order valence-corrected chi connectivity index (χ2v) is 7.13. The van der Waals surface area contributed by atoms with Gasteiger partial charge < -0.3 is 10.2 Å². The topological polar surface area (TPSA) is 63.1 Å². The van der Waals surface area contributed by atoms with Gasteiger partial charge in [-0.15, -0.1) is 0 Å². The minimum absolute atomic E-state index is 0.0161. The number of aryl methyl sites for hydroxylation is 1. The summed E-state index contributed by atoms with van der Waals surface area (Å²) >= 11 is 0. The highest BCUT2D eigenvalue weighted by Gasteiger charge is 2.26. The van der Waals surface area contributed by atoms with E-state index in [-0.39, 0.29) is 12.1 Å². The van der Waals surface area contributed by atoms with Gasteiger partial charge in [-0.05, 0) is 74.6 Å². The Morgan fingerprint density at radius 3 is 2.71 bits per heavy atom. The lowest BCUT2D eigenvalue weighted by atomic mass is 9.97. The molecule has 1 aliphatic rings. The number of benzene rings is 1. The maximum absolute atomic E-state index is 12.9. The van der Waals surface area contributed by atoms with Crippen LogP contribution < -0.4 is 5.32 Å². The van der Waals surface area contributed by atoms with Crippen LogP contribution in [-0.2, 0) is 6.42 Å². The molecule has 1 fully saturated rings. The predicted molar refractivity (Wildman–Crippen MR) is 109 cm³/mol. The lowest BCUT2D eigenvalue weighted by Gasteiger charge is -2.35. The quantitative estimate of drug-likeness (QED) is 0.724. The number of nitrogens with zero attached hydrogens (tertiary/aromatic N) is 4. The zero-order valence-electron chi connectivity index (χ0n) is 15.9. The fourth-order valence-electron chi connectivity index (χ4n) is 3.74. The number of hydrogen-bond acceptors (Lipinski definition) is 3. The summed E-state index contributed by atoms with van der Waals surface area (Å²) in [6.07, 6.45) is 10.6. The van der Waals surface area contributed by atoms with E-state index >= 15 is 0 Å². The van der Waals surface area contributed by atoms with Crippen LogP contribution in [0.2, 0.25) is 0 Å². The van der Waals surface area contributed by atoms with Crippen LogP contribution in [0.3, 0.4) is 0 Å². The smallest absolute Gasteiger partial charge is 0.322 e. The highest BCUT2D eigenvalue weighted by Crippen LogP contribution is 2.22. The number of amides is 2. The van der Waals surface area contributed by atoms with E-state index in [2.05, 4.69) is 15.4 Å². The summed E-state index contributed by atoms with van der Waals surface area (Å²) in [7, 11) is 0. The Balaban J connectivity index is 1.37. The van der Waals surface area contributed by atoms with Crippen molar-refractivity contribution in [2.75, 3.05) is 11.9 Å². The number of anilines is 1. The summed E-state index contributed by atoms with van der Waals surface area (Å²) in [4.78, 5) is 19.3. The first kappa shape index (κ1) is 18.2. The van der Waals surface area contributed by atoms with Crippen molar-refractivity contribution in [3.05, 3.63) is 72.8 Å². The third-order valence-electron chi connectivity index (χ3n) is 5.24. The van der Waals surface area contributed by atoms with E-state index in [4.69, 9.17) is 0 Å². The first-order valence-corrected chi connectivity index (χ1v) is 9.87. The van der Waals surface area contributed by atoms with Crippen molar-refractivity contribution >= 4 is 11.7 Å². The molecule has 0 spiro atoms. The molecule has 2 aromatic heterocycles. The molecule has 3 heterocycles. The average Bonchev–Trinajstić information content (AvgIpc) is 3.29. The number of nitrogens with one attached hydrogen (secondary N) is 1. The highest BCUT2D eigenvalue weighted by molar-refractivity contribution is 5.89. The maximum Gasteiger partial charge on any atom is 0.322 e. The first-order chi connectivity index (χ1) is 13.8. The molecular formula is C22H25N5O. The second-order valence-electron chi connectivity index (χ2n) is 7.13. The van der Waals surface area contributed by atoms with E-state index < -0.39 is 0 Å². The molecule has 1 aliphatic heterocycles. The molecule has 1 aromatic carbocycles. The van der Waals surface area contributed by atoms with Crippen molar-refractivity contribution in [3.63, 3.8) is 0 Å². The normalized spacial score (nSPS) is 16.7. The van der Waals surface area contributed by atoms with E-state index in [0.29, 0.717) is 0 Å². The molecule has 4 rings (SSSR count). The van der Waals surface area contributed by atoms with Gasteiger partial charge in [0, 0.05) is 42.6 Å². The molecule has 0 saturated carbocycles. The summed E-state index contributed by atoms with van der Waals surface area (Å²) in [5.41, 5.74) is 2.85. The standard InChI is InChI=1S/C22H25N5O/c28-22(25-19-9-12-21(13-10-19)27-17-5-15-24-27)26-16-4-2-7-20(26)11-8-18-6-1-3-14-23-18/h1,3,5-6,9-10,12-15,17,20H,2,4,7-8,11,16H2,(H,25,28)/t20-/m1/s1. The molecule has 0 radical (unpaired) electrons. The largest absolute Gasteiger partial charge is 0.322 e. The van der Waals surface area contributed by atoms with Crippen LogP contribution >= 0.6 is 0 Å². The SMILES string of the molecule is O=C(Nc1ccc(-n2cccn2)cc1)N1CCCC[C@@H]1CCc1ccccn1. The maximum atomic E-state index is 12.9. The zero-order valence-corrected chi connectivity index (χ0v) is 15.9. The number of rotatable bonds is 5. The van der Waals surface area contributed by atoms with Gasteiger partial charge in [-0.1, -0.05) is 6.07 Å². The highest BCUT2D eigenvalue weighted by atomic mass is 16.2. The third kappa shape index (κ3) is 4.39. The van der Waals surface area contributed by atoms with Gasteiger partial charge in [0.15, 0.2) is 0 Å². The minimum Gasteiger partial charge on any atom is -0.322 e. The molecule has 1 N–H and O–H groups in total. The number of pyridine rings is 1. The van der Waals surface area contributed by atoms with Gasteiger partial charge in [0.2, 0.25) is 0 Å². The predicted octanol–water partition coefficient (Wildman–Crippen LogP) is 4.29. The molecule has 1 atom stereocenters.